The van der Waals surface area contributed by atoms with Gasteiger partial charge in [-0.15, -0.1) is 9.19 Å². The van der Waals surface area contributed by atoms with Crippen LogP contribution in [0.4, 0.5) is 5.69 Å². The molecule has 1 aromatic heterocycles. The molecular weight excluding hydrogens is 296 g/mol. The molecule has 8 nitrogen and oxygen atoms in total. The maximum Gasteiger partial charge on any atom is 0.284 e. The van der Waals surface area contributed by atoms with Crippen LogP contribution in [0.3, 0.4) is 0 Å². The van der Waals surface area contributed by atoms with Crippen molar-refractivity contribution in [2.45, 2.75) is 4.90 Å². The average Bonchev–Trinajstić information content (AvgIpc) is 2.91. The highest BCUT2D eigenvalue weighted by Crippen LogP contribution is 2.22. The van der Waals surface area contributed by atoms with Gasteiger partial charge in [-0.05, 0) is 18.2 Å². The molecule has 0 spiro atoms. The van der Waals surface area contributed by atoms with Crippen LogP contribution in [0.15, 0.2) is 53.4 Å². The Hall–Kier alpha value is -2.81. The lowest BCUT2D eigenvalue weighted by Gasteiger charge is -2.04. The minimum atomic E-state index is -3.94. The molecule has 3 aromatic rings. The SMILES string of the molecule is O=[N+]([O-])c1ccc2nnn(S(=O)(=O)c3ccccc3)c2c1. The van der Waals surface area contributed by atoms with E-state index in [4.69, 9.17) is 0 Å². The zero-order chi connectivity index (χ0) is 15.0. The van der Waals surface area contributed by atoms with Crippen LogP contribution in [0, 0.1) is 10.1 Å². The summed E-state index contributed by atoms with van der Waals surface area (Å²) in [5.41, 5.74) is 0.0995. The monoisotopic (exact) mass is 304 g/mol. The van der Waals surface area contributed by atoms with Crippen LogP contribution in [-0.4, -0.2) is 27.7 Å². The molecular formula is C12H8N4O4S. The van der Waals surface area contributed by atoms with E-state index in [1.807, 2.05) is 0 Å². The van der Waals surface area contributed by atoms with E-state index >= 15 is 0 Å². The maximum atomic E-state index is 12.5. The summed E-state index contributed by atoms with van der Waals surface area (Å²) >= 11 is 0. The van der Waals surface area contributed by atoms with Crippen molar-refractivity contribution in [2.24, 2.45) is 0 Å². The molecule has 0 amide bonds. The number of hydrogen-bond donors (Lipinski definition) is 0. The van der Waals surface area contributed by atoms with Gasteiger partial charge in [0.2, 0.25) is 0 Å². The zero-order valence-electron chi connectivity index (χ0n) is 10.4. The van der Waals surface area contributed by atoms with Gasteiger partial charge in [-0.3, -0.25) is 10.1 Å². The highest BCUT2D eigenvalue weighted by Gasteiger charge is 2.22. The summed E-state index contributed by atoms with van der Waals surface area (Å²) in [6.45, 7) is 0. The van der Waals surface area contributed by atoms with Gasteiger partial charge in [-0.2, -0.15) is 8.42 Å². The molecule has 2 aromatic carbocycles. The number of nitrogens with zero attached hydrogens (tertiary/aromatic N) is 4. The van der Waals surface area contributed by atoms with Gasteiger partial charge in [0.05, 0.1) is 9.82 Å². The molecule has 0 aliphatic rings. The average molecular weight is 304 g/mol. The first kappa shape index (κ1) is 13.2. The molecule has 0 N–H and O–H groups in total. The van der Waals surface area contributed by atoms with Crippen LogP contribution in [0.25, 0.3) is 11.0 Å². The fourth-order valence-electron chi connectivity index (χ4n) is 1.87. The van der Waals surface area contributed by atoms with E-state index in [0.29, 0.717) is 4.09 Å². The predicted octanol–water partition coefficient (Wildman–Crippen LogP) is 1.58. The topological polar surface area (TPSA) is 108 Å². The Balaban J connectivity index is 2.26. The number of rotatable bonds is 3. The molecule has 9 heteroatoms. The van der Waals surface area contributed by atoms with Gasteiger partial charge in [-0.1, -0.05) is 23.4 Å². The molecule has 0 saturated heterocycles. The highest BCUT2D eigenvalue weighted by molar-refractivity contribution is 7.90. The minimum Gasteiger partial charge on any atom is -0.258 e. The van der Waals surface area contributed by atoms with Gasteiger partial charge >= 0.3 is 0 Å². The highest BCUT2D eigenvalue weighted by atomic mass is 32.2. The smallest absolute Gasteiger partial charge is 0.258 e. The van der Waals surface area contributed by atoms with Crippen molar-refractivity contribution in [1.82, 2.24) is 14.4 Å². The van der Waals surface area contributed by atoms with Crippen LogP contribution in [0.5, 0.6) is 0 Å². The van der Waals surface area contributed by atoms with Crippen LogP contribution in [-0.2, 0) is 10.0 Å². The Kier molecular flexibility index (Phi) is 2.91. The van der Waals surface area contributed by atoms with Crippen LogP contribution in [0.1, 0.15) is 0 Å². The summed E-state index contributed by atoms with van der Waals surface area (Å²) in [4.78, 5) is 10.2. The van der Waals surface area contributed by atoms with Crippen molar-refractivity contribution >= 4 is 26.7 Å². The van der Waals surface area contributed by atoms with Gasteiger partial charge in [0.1, 0.15) is 11.0 Å². The summed E-state index contributed by atoms with van der Waals surface area (Å²) in [6.07, 6.45) is 0. The van der Waals surface area contributed by atoms with Gasteiger partial charge in [-0.25, -0.2) is 0 Å². The molecule has 21 heavy (non-hydrogen) atoms. The van der Waals surface area contributed by atoms with E-state index in [0.717, 1.165) is 6.07 Å². The molecule has 106 valence electrons. The molecule has 0 atom stereocenters. The summed E-state index contributed by atoms with van der Waals surface area (Å²) in [7, 11) is -3.94. The Bertz CT molecular complexity index is 934. The van der Waals surface area contributed by atoms with Crippen molar-refractivity contribution in [3.8, 4) is 0 Å². The molecule has 0 aliphatic carbocycles. The third-order valence-electron chi connectivity index (χ3n) is 2.88. The molecule has 0 bridgehead atoms. The first-order valence-electron chi connectivity index (χ1n) is 5.80. The number of non-ortho nitro benzene ring substituents is 1. The van der Waals surface area contributed by atoms with E-state index in [1.165, 1.54) is 24.3 Å². The lowest BCUT2D eigenvalue weighted by molar-refractivity contribution is -0.384. The summed E-state index contributed by atoms with van der Waals surface area (Å²) in [5, 5.41) is 18.1. The lowest BCUT2D eigenvalue weighted by atomic mass is 10.3. The van der Waals surface area contributed by atoms with Crippen LogP contribution < -0.4 is 0 Å². The second-order valence-electron chi connectivity index (χ2n) is 4.18. The zero-order valence-corrected chi connectivity index (χ0v) is 11.3. The van der Waals surface area contributed by atoms with E-state index < -0.39 is 14.9 Å². The molecule has 0 unspecified atom stereocenters. The number of aromatic nitrogens is 3. The molecule has 3 rings (SSSR count). The van der Waals surface area contributed by atoms with Crippen molar-refractivity contribution < 1.29 is 13.3 Å². The third kappa shape index (κ3) is 2.13. The number of benzene rings is 2. The summed E-state index contributed by atoms with van der Waals surface area (Å²) in [5.74, 6) is 0. The second-order valence-corrected chi connectivity index (χ2v) is 5.95. The maximum absolute atomic E-state index is 12.5. The lowest BCUT2D eigenvalue weighted by Crippen LogP contribution is -2.14. The molecule has 0 radical (unpaired) electrons. The molecule has 0 fully saturated rings. The number of fused-ring (bicyclic) bond motifs is 1. The summed E-state index contributed by atoms with van der Waals surface area (Å²) < 4.78 is 25.7. The summed E-state index contributed by atoms with van der Waals surface area (Å²) in [6, 6.07) is 11.4. The van der Waals surface area contributed by atoms with Gasteiger partial charge < -0.3 is 0 Å². The Morgan fingerprint density at radius 3 is 2.48 bits per heavy atom. The molecule has 0 saturated carbocycles. The first-order valence-corrected chi connectivity index (χ1v) is 7.24. The molecule has 1 heterocycles. The number of nitro groups is 1. The van der Waals surface area contributed by atoms with Crippen molar-refractivity contribution in [3.63, 3.8) is 0 Å². The Labute approximate surface area is 118 Å². The number of hydrogen-bond acceptors (Lipinski definition) is 6. The van der Waals surface area contributed by atoms with Crippen molar-refractivity contribution in [1.29, 1.82) is 0 Å². The van der Waals surface area contributed by atoms with Crippen molar-refractivity contribution in [3.05, 3.63) is 58.6 Å². The van der Waals surface area contributed by atoms with Crippen molar-refractivity contribution in [2.75, 3.05) is 0 Å². The quantitative estimate of drug-likeness (QED) is 0.537. The van der Waals surface area contributed by atoms with Crippen LogP contribution >= 0.6 is 0 Å². The Morgan fingerprint density at radius 2 is 1.81 bits per heavy atom. The van der Waals surface area contributed by atoms with E-state index in [2.05, 4.69) is 10.3 Å². The Morgan fingerprint density at radius 1 is 1.10 bits per heavy atom. The fraction of sp³-hybridized carbons (Fsp3) is 0. The third-order valence-corrected chi connectivity index (χ3v) is 4.47. The van der Waals surface area contributed by atoms with E-state index in [9.17, 15) is 18.5 Å². The van der Waals surface area contributed by atoms with Gasteiger partial charge in [0.25, 0.3) is 15.7 Å². The second kappa shape index (κ2) is 4.63. The van der Waals surface area contributed by atoms with Gasteiger partial charge in [0, 0.05) is 12.1 Å². The standard InChI is InChI=1S/C12H8N4O4S/c17-16(18)9-6-7-11-12(8-9)15(14-13-11)21(19,20)10-4-2-1-3-5-10/h1-8H. The predicted molar refractivity (Wildman–Crippen MR) is 73.2 cm³/mol. The number of nitro benzene ring substituents is 1. The normalized spacial score (nSPS) is 11.6. The molecule has 0 aliphatic heterocycles. The van der Waals surface area contributed by atoms with E-state index in [-0.39, 0.29) is 21.6 Å². The fourth-order valence-corrected chi connectivity index (χ4v) is 3.11. The largest absolute Gasteiger partial charge is 0.284 e. The van der Waals surface area contributed by atoms with E-state index in [1.54, 1.807) is 18.2 Å². The van der Waals surface area contributed by atoms with Crippen LogP contribution in [0.2, 0.25) is 0 Å². The van der Waals surface area contributed by atoms with Gasteiger partial charge in [0.15, 0.2) is 0 Å². The first-order chi connectivity index (χ1) is 10.00. The minimum absolute atomic E-state index is 0.0308.